The summed E-state index contributed by atoms with van der Waals surface area (Å²) in [5, 5.41) is 10.3. The summed E-state index contributed by atoms with van der Waals surface area (Å²) in [6, 6.07) is 9.48. The molecule has 1 aromatic heterocycles. The van der Waals surface area contributed by atoms with Gasteiger partial charge >= 0.3 is 0 Å². The molecule has 0 bridgehead atoms. The minimum atomic E-state index is -3.78. The lowest BCUT2D eigenvalue weighted by Gasteiger charge is -2.11. The number of fused-ring (bicyclic) bond motifs is 1. The number of hydrogen-bond donors (Lipinski definition) is 1. The van der Waals surface area contributed by atoms with E-state index in [1.165, 1.54) is 18.3 Å². The normalized spacial score (nSPS) is 11.7. The molecule has 0 radical (unpaired) electrons. The van der Waals surface area contributed by atoms with Crippen molar-refractivity contribution in [3.63, 3.8) is 0 Å². The van der Waals surface area contributed by atoms with Gasteiger partial charge < -0.3 is 5.11 Å². The van der Waals surface area contributed by atoms with Gasteiger partial charge in [-0.1, -0.05) is 17.7 Å². The fourth-order valence-corrected chi connectivity index (χ4v) is 4.07. The van der Waals surface area contributed by atoms with E-state index in [0.717, 1.165) is 9.54 Å². The number of carbonyl (C=O) groups is 1. The van der Waals surface area contributed by atoms with Gasteiger partial charge in [-0.25, -0.2) is 12.4 Å². The Balaban J connectivity index is 2.33. The zero-order chi connectivity index (χ0) is 16.8. The third kappa shape index (κ3) is 2.31. The van der Waals surface area contributed by atoms with Gasteiger partial charge in [0.1, 0.15) is 5.75 Å². The lowest BCUT2D eigenvalue weighted by atomic mass is 10.1. The minimum absolute atomic E-state index is 0.0865. The van der Waals surface area contributed by atoms with Crippen LogP contribution in [0.1, 0.15) is 21.5 Å². The Morgan fingerprint density at radius 3 is 2.35 bits per heavy atom. The molecule has 1 N–H and O–H groups in total. The Labute approximate surface area is 133 Å². The maximum absolute atomic E-state index is 12.9. The molecular formula is C17H15NO4S. The standard InChI is InChI=1S/C17H15NO4S/c1-11-3-5-13(6-4-11)23(21,22)18-8-7-14-15(10-19)16(20)9-12(2)17(14)18/h3-10,20H,1-2H3. The molecule has 0 aliphatic heterocycles. The van der Waals surface area contributed by atoms with Crippen molar-refractivity contribution in [1.82, 2.24) is 3.97 Å². The Morgan fingerprint density at radius 2 is 1.74 bits per heavy atom. The van der Waals surface area contributed by atoms with Crippen LogP contribution in [-0.4, -0.2) is 23.8 Å². The smallest absolute Gasteiger partial charge is 0.268 e. The second-order valence-corrected chi connectivity index (χ2v) is 7.25. The van der Waals surface area contributed by atoms with Crippen LogP contribution >= 0.6 is 0 Å². The van der Waals surface area contributed by atoms with E-state index in [4.69, 9.17) is 0 Å². The van der Waals surface area contributed by atoms with E-state index in [0.29, 0.717) is 22.8 Å². The summed E-state index contributed by atoms with van der Waals surface area (Å²) in [6.45, 7) is 3.57. The van der Waals surface area contributed by atoms with Crippen LogP contribution in [-0.2, 0) is 10.0 Å². The van der Waals surface area contributed by atoms with Crippen LogP contribution in [0.15, 0.2) is 47.5 Å². The first-order valence-electron chi connectivity index (χ1n) is 6.97. The van der Waals surface area contributed by atoms with Crippen molar-refractivity contribution in [2.45, 2.75) is 18.7 Å². The number of carbonyl (C=O) groups excluding carboxylic acids is 1. The first kappa shape index (κ1) is 15.3. The van der Waals surface area contributed by atoms with Crippen LogP contribution in [0.4, 0.5) is 0 Å². The van der Waals surface area contributed by atoms with Crippen LogP contribution in [0.2, 0.25) is 0 Å². The van der Waals surface area contributed by atoms with E-state index < -0.39 is 10.0 Å². The molecule has 1 heterocycles. The van der Waals surface area contributed by atoms with Crippen molar-refractivity contribution in [2.24, 2.45) is 0 Å². The van der Waals surface area contributed by atoms with Crippen LogP contribution < -0.4 is 0 Å². The molecule has 0 saturated heterocycles. The maximum atomic E-state index is 12.9. The number of hydrogen-bond acceptors (Lipinski definition) is 4. The van der Waals surface area contributed by atoms with E-state index in [1.54, 1.807) is 31.2 Å². The quantitative estimate of drug-likeness (QED) is 0.749. The highest BCUT2D eigenvalue weighted by Crippen LogP contribution is 2.32. The fourth-order valence-electron chi connectivity index (χ4n) is 2.66. The summed E-state index contributed by atoms with van der Waals surface area (Å²) in [7, 11) is -3.78. The van der Waals surface area contributed by atoms with Gasteiger partial charge in [0.2, 0.25) is 0 Å². The number of rotatable bonds is 3. The van der Waals surface area contributed by atoms with Gasteiger partial charge in [-0.15, -0.1) is 0 Å². The average molecular weight is 329 g/mol. The number of phenolic OH excluding ortho intramolecular Hbond substituents is 1. The molecule has 0 aliphatic carbocycles. The SMILES string of the molecule is Cc1ccc(S(=O)(=O)n2ccc3c(C=O)c(O)cc(C)c32)cc1. The van der Waals surface area contributed by atoms with Crippen molar-refractivity contribution >= 4 is 27.2 Å². The maximum Gasteiger partial charge on any atom is 0.268 e. The van der Waals surface area contributed by atoms with Gasteiger partial charge in [0, 0.05) is 11.6 Å². The van der Waals surface area contributed by atoms with E-state index >= 15 is 0 Å². The molecule has 5 nitrogen and oxygen atoms in total. The van der Waals surface area contributed by atoms with E-state index in [2.05, 4.69) is 0 Å². The highest BCUT2D eigenvalue weighted by molar-refractivity contribution is 7.90. The predicted molar refractivity (Wildman–Crippen MR) is 87.5 cm³/mol. The zero-order valence-electron chi connectivity index (χ0n) is 12.6. The third-order valence-corrected chi connectivity index (χ3v) is 5.53. The second kappa shape index (κ2) is 5.24. The molecule has 0 fully saturated rings. The van der Waals surface area contributed by atoms with Crippen molar-refractivity contribution in [3.05, 3.63) is 59.3 Å². The molecule has 23 heavy (non-hydrogen) atoms. The lowest BCUT2D eigenvalue weighted by molar-refractivity contribution is 0.112. The minimum Gasteiger partial charge on any atom is -0.507 e. The van der Waals surface area contributed by atoms with Crippen LogP contribution in [0.5, 0.6) is 5.75 Å². The van der Waals surface area contributed by atoms with Gasteiger partial charge in [-0.2, -0.15) is 0 Å². The van der Waals surface area contributed by atoms with Gasteiger partial charge in [-0.3, -0.25) is 4.79 Å². The lowest BCUT2D eigenvalue weighted by Crippen LogP contribution is -2.12. The highest BCUT2D eigenvalue weighted by atomic mass is 32.2. The van der Waals surface area contributed by atoms with Crippen molar-refractivity contribution in [3.8, 4) is 5.75 Å². The first-order valence-corrected chi connectivity index (χ1v) is 8.41. The molecular weight excluding hydrogens is 314 g/mol. The molecule has 3 rings (SSSR count). The second-order valence-electron chi connectivity index (χ2n) is 5.44. The molecule has 0 saturated carbocycles. The molecule has 118 valence electrons. The van der Waals surface area contributed by atoms with Gasteiger partial charge in [0.15, 0.2) is 6.29 Å². The van der Waals surface area contributed by atoms with Gasteiger partial charge in [0.05, 0.1) is 16.0 Å². The van der Waals surface area contributed by atoms with Gasteiger partial charge in [0.25, 0.3) is 10.0 Å². The van der Waals surface area contributed by atoms with E-state index in [1.807, 2.05) is 6.92 Å². The fraction of sp³-hybridized carbons (Fsp3) is 0.118. The Morgan fingerprint density at radius 1 is 1.09 bits per heavy atom. The largest absolute Gasteiger partial charge is 0.507 e. The summed E-state index contributed by atoms with van der Waals surface area (Å²) < 4.78 is 26.9. The summed E-state index contributed by atoms with van der Waals surface area (Å²) in [5.74, 6) is -0.157. The molecule has 6 heteroatoms. The molecule has 0 atom stereocenters. The number of aromatic nitrogens is 1. The molecule has 3 aromatic rings. The number of nitrogens with zero attached hydrogens (tertiary/aromatic N) is 1. The third-order valence-electron chi connectivity index (χ3n) is 3.84. The first-order chi connectivity index (χ1) is 10.9. The molecule has 0 unspecified atom stereocenters. The number of aromatic hydroxyl groups is 1. The number of aryl methyl sites for hydroxylation is 2. The van der Waals surface area contributed by atoms with Gasteiger partial charge in [-0.05, 0) is 43.7 Å². The topological polar surface area (TPSA) is 76.4 Å². The van der Waals surface area contributed by atoms with Crippen LogP contribution in [0.3, 0.4) is 0 Å². The highest BCUT2D eigenvalue weighted by Gasteiger charge is 2.22. The molecule has 0 amide bonds. The number of phenols is 1. The molecule has 2 aromatic carbocycles. The average Bonchev–Trinajstić information content (AvgIpc) is 2.94. The van der Waals surface area contributed by atoms with Crippen LogP contribution in [0.25, 0.3) is 10.9 Å². The monoisotopic (exact) mass is 329 g/mol. The predicted octanol–water partition coefficient (Wildman–Crippen LogP) is 3.01. The number of aldehydes is 1. The molecule has 0 spiro atoms. The Bertz CT molecular complexity index is 1010. The zero-order valence-corrected chi connectivity index (χ0v) is 13.5. The molecule has 0 aliphatic rings. The Hall–Kier alpha value is -2.60. The van der Waals surface area contributed by atoms with E-state index in [-0.39, 0.29) is 16.2 Å². The summed E-state index contributed by atoms with van der Waals surface area (Å²) >= 11 is 0. The Kier molecular flexibility index (Phi) is 3.49. The van der Waals surface area contributed by atoms with Crippen molar-refractivity contribution in [2.75, 3.05) is 0 Å². The summed E-state index contributed by atoms with van der Waals surface area (Å²) in [4.78, 5) is 11.4. The van der Waals surface area contributed by atoms with Crippen LogP contribution in [0, 0.1) is 13.8 Å². The number of benzene rings is 2. The summed E-state index contributed by atoms with van der Waals surface area (Å²) in [6.07, 6.45) is 1.93. The van der Waals surface area contributed by atoms with Crippen molar-refractivity contribution < 1.29 is 18.3 Å². The summed E-state index contributed by atoms with van der Waals surface area (Å²) in [5.41, 5.74) is 2.02. The van der Waals surface area contributed by atoms with E-state index in [9.17, 15) is 18.3 Å². The van der Waals surface area contributed by atoms with Crippen molar-refractivity contribution in [1.29, 1.82) is 0 Å².